The molecule has 13 heavy (non-hydrogen) atoms. The summed E-state index contributed by atoms with van der Waals surface area (Å²) in [4.78, 5) is 18.9. The lowest BCUT2D eigenvalue weighted by Gasteiger charge is -2.05. The van der Waals surface area contributed by atoms with Crippen LogP contribution in [0.1, 0.15) is 30.3 Å². The van der Waals surface area contributed by atoms with Crippen molar-refractivity contribution in [1.82, 2.24) is 9.97 Å². The molecule has 0 radical (unpaired) electrons. The summed E-state index contributed by atoms with van der Waals surface area (Å²) < 4.78 is 0. The van der Waals surface area contributed by atoms with Crippen molar-refractivity contribution in [2.45, 2.75) is 25.9 Å². The maximum atomic E-state index is 11.4. The Kier molecular flexibility index (Phi) is 3.52. The number of hydrogen-bond acceptors (Lipinski definition) is 4. The minimum absolute atomic E-state index is 0.225. The summed E-state index contributed by atoms with van der Waals surface area (Å²) in [6.07, 6.45) is 4.58. The van der Waals surface area contributed by atoms with Crippen molar-refractivity contribution in [3.05, 3.63) is 24.3 Å². The van der Waals surface area contributed by atoms with Crippen LogP contribution >= 0.6 is 0 Å². The largest absolute Gasteiger partial charge is 0.385 e. The second kappa shape index (κ2) is 4.67. The Morgan fingerprint density at radius 1 is 1.62 bits per heavy atom. The van der Waals surface area contributed by atoms with Crippen LogP contribution in [-0.4, -0.2) is 27.0 Å². The van der Waals surface area contributed by atoms with Gasteiger partial charge in [0, 0.05) is 12.4 Å². The molecule has 0 saturated heterocycles. The molecule has 0 amide bonds. The fraction of sp³-hybridized carbons (Fsp3) is 0.444. The van der Waals surface area contributed by atoms with Crippen molar-refractivity contribution in [2.24, 2.45) is 0 Å². The van der Waals surface area contributed by atoms with Crippen molar-refractivity contribution in [1.29, 1.82) is 0 Å². The molecule has 1 heterocycles. The van der Waals surface area contributed by atoms with Gasteiger partial charge in [0.25, 0.3) is 0 Å². The molecule has 70 valence electrons. The van der Waals surface area contributed by atoms with Gasteiger partial charge in [-0.1, -0.05) is 13.3 Å². The zero-order valence-electron chi connectivity index (χ0n) is 7.47. The number of Topliss-reactive ketones (excluding diaryl/α,β-unsaturated/α-hetero) is 1. The molecule has 0 spiro atoms. The second-order valence-corrected chi connectivity index (χ2v) is 2.76. The summed E-state index contributed by atoms with van der Waals surface area (Å²) >= 11 is 0. The van der Waals surface area contributed by atoms with Crippen molar-refractivity contribution in [3.63, 3.8) is 0 Å². The highest BCUT2D eigenvalue weighted by atomic mass is 16.3. The summed E-state index contributed by atoms with van der Waals surface area (Å²) in [5, 5.41) is 9.35. The number of carbonyl (C=O) groups is 1. The summed E-state index contributed by atoms with van der Waals surface area (Å²) in [6, 6.07) is 0. The van der Waals surface area contributed by atoms with Gasteiger partial charge in [0.15, 0.2) is 0 Å². The van der Waals surface area contributed by atoms with Gasteiger partial charge in [0.1, 0.15) is 11.8 Å². The molecule has 0 fully saturated rings. The topological polar surface area (TPSA) is 63.1 Å². The lowest BCUT2D eigenvalue weighted by atomic mass is 10.1. The fourth-order valence-corrected chi connectivity index (χ4v) is 1.00. The van der Waals surface area contributed by atoms with Crippen LogP contribution in [0.3, 0.4) is 0 Å². The van der Waals surface area contributed by atoms with Crippen LogP contribution in [0.5, 0.6) is 0 Å². The van der Waals surface area contributed by atoms with Gasteiger partial charge in [0.2, 0.25) is 5.78 Å². The van der Waals surface area contributed by atoms with E-state index in [1.807, 2.05) is 6.92 Å². The molecule has 1 aromatic rings. The van der Waals surface area contributed by atoms with Gasteiger partial charge in [-0.15, -0.1) is 0 Å². The third kappa shape index (κ3) is 2.59. The first kappa shape index (κ1) is 9.80. The first-order valence-electron chi connectivity index (χ1n) is 4.24. The van der Waals surface area contributed by atoms with Crippen molar-refractivity contribution >= 4 is 5.78 Å². The number of carbonyl (C=O) groups excluding carboxylic acids is 1. The van der Waals surface area contributed by atoms with E-state index in [9.17, 15) is 9.90 Å². The van der Waals surface area contributed by atoms with Crippen molar-refractivity contribution in [2.75, 3.05) is 0 Å². The first-order chi connectivity index (χ1) is 6.25. The van der Waals surface area contributed by atoms with E-state index in [2.05, 4.69) is 9.97 Å². The van der Waals surface area contributed by atoms with E-state index >= 15 is 0 Å². The van der Waals surface area contributed by atoms with Gasteiger partial charge < -0.3 is 5.11 Å². The number of aliphatic hydroxyl groups is 1. The van der Waals surface area contributed by atoms with E-state index in [1.54, 1.807) is 0 Å². The summed E-state index contributed by atoms with van der Waals surface area (Å²) in [7, 11) is 0. The van der Waals surface area contributed by atoms with E-state index < -0.39 is 6.10 Å². The SMILES string of the molecule is CCCC(O)C(=O)c1cnccn1. The average molecular weight is 180 g/mol. The van der Waals surface area contributed by atoms with E-state index in [-0.39, 0.29) is 11.5 Å². The number of nitrogens with zero attached hydrogens (tertiary/aromatic N) is 2. The quantitative estimate of drug-likeness (QED) is 0.697. The normalized spacial score (nSPS) is 12.5. The maximum Gasteiger partial charge on any atom is 0.211 e. The Morgan fingerprint density at radius 2 is 2.38 bits per heavy atom. The van der Waals surface area contributed by atoms with E-state index in [0.29, 0.717) is 6.42 Å². The van der Waals surface area contributed by atoms with Gasteiger partial charge in [-0.25, -0.2) is 4.98 Å². The molecular formula is C9H12N2O2. The van der Waals surface area contributed by atoms with Crippen LogP contribution in [0, 0.1) is 0 Å². The Morgan fingerprint density at radius 3 is 2.92 bits per heavy atom. The third-order valence-electron chi connectivity index (χ3n) is 1.68. The Balaban J connectivity index is 2.68. The van der Waals surface area contributed by atoms with Crippen LogP contribution < -0.4 is 0 Å². The molecule has 0 aliphatic carbocycles. The summed E-state index contributed by atoms with van der Waals surface area (Å²) in [6.45, 7) is 1.91. The average Bonchev–Trinajstić information content (AvgIpc) is 2.18. The highest BCUT2D eigenvalue weighted by molar-refractivity contribution is 5.97. The van der Waals surface area contributed by atoms with Crippen LogP contribution in [0.4, 0.5) is 0 Å². The van der Waals surface area contributed by atoms with Crippen LogP contribution in [-0.2, 0) is 0 Å². The lowest BCUT2D eigenvalue weighted by molar-refractivity contribution is 0.0723. The zero-order chi connectivity index (χ0) is 9.68. The number of ketones is 1. The Labute approximate surface area is 76.7 Å². The lowest BCUT2D eigenvalue weighted by Crippen LogP contribution is -2.21. The molecule has 0 aromatic carbocycles. The smallest absolute Gasteiger partial charge is 0.211 e. The standard InChI is InChI=1S/C9H12N2O2/c1-2-3-8(12)9(13)7-6-10-4-5-11-7/h4-6,8,12H,2-3H2,1H3. The number of hydrogen-bond donors (Lipinski definition) is 1. The predicted octanol–water partition coefficient (Wildman–Crippen LogP) is 0.820. The van der Waals surface area contributed by atoms with Gasteiger partial charge in [-0.3, -0.25) is 9.78 Å². The summed E-state index contributed by atoms with van der Waals surface area (Å²) in [5.74, 6) is -0.352. The molecule has 0 saturated carbocycles. The predicted molar refractivity (Wildman–Crippen MR) is 47.3 cm³/mol. The molecule has 0 aliphatic heterocycles. The molecule has 0 bridgehead atoms. The van der Waals surface area contributed by atoms with Gasteiger partial charge in [-0.05, 0) is 6.42 Å². The molecule has 4 nitrogen and oxygen atoms in total. The molecule has 1 rings (SSSR count). The van der Waals surface area contributed by atoms with Gasteiger partial charge in [0.05, 0.1) is 6.20 Å². The minimum atomic E-state index is -0.943. The maximum absolute atomic E-state index is 11.4. The van der Waals surface area contributed by atoms with Crippen LogP contribution in [0.25, 0.3) is 0 Å². The van der Waals surface area contributed by atoms with Crippen molar-refractivity contribution in [3.8, 4) is 0 Å². The molecule has 4 heteroatoms. The molecule has 1 unspecified atom stereocenters. The van der Waals surface area contributed by atoms with E-state index in [4.69, 9.17) is 0 Å². The van der Waals surface area contributed by atoms with E-state index in [0.717, 1.165) is 6.42 Å². The van der Waals surface area contributed by atoms with Crippen molar-refractivity contribution < 1.29 is 9.90 Å². The van der Waals surface area contributed by atoms with E-state index in [1.165, 1.54) is 18.6 Å². The first-order valence-corrected chi connectivity index (χ1v) is 4.24. The Hall–Kier alpha value is -1.29. The summed E-state index contributed by atoms with van der Waals surface area (Å²) in [5.41, 5.74) is 0.225. The number of aromatic nitrogens is 2. The number of aliphatic hydroxyl groups excluding tert-OH is 1. The monoisotopic (exact) mass is 180 g/mol. The zero-order valence-corrected chi connectivity index (χ0v) is 7.47. The molecule has 1 aromatic heterocycles. The molecular weight excluding hydrogens is 168 g/mol. The Bertz CT molecular complexity index is 274. The minimum Gasteiger partial charge on any atom is -0.385 e. The highest BCUT2D eigenvalue weighted by Gasteiger charge is 2.16. The van der Waals surface area contributed by atoms with Gasteiger partial charge in [-0.2, -0.15) is 0 Å². The highest BCUT2D eigenvalue weighted by Crippen LogP contribution is 2.03. The van der Waals surface area contributed by atoms with Gasteiger partial charge >= 0.3 is 0 Å². The van der Waals surface area contributed by atoms with Crippen LogP contribution in [0.15, 0.2) is 18.6 Å². The van der Waals surface area contributed by atoms with Crippen LogP contribution in [0.2, 0.25) is 0 Å². The molecule has 0 aliphatic rings. The second-order valence-electron chi connectivity index (χ2n) is 2.76. The third-order valence-corrected chi connectivity index (χ3v) is 1.68. The number of rotatable bonds is 4. The molecule has 1 N–H and O–H groups in total. The molecule has 1 atom stereocenters. The fourth-order valence-electron chi connectivity index (χ4n) is 1.00.